The van der Waals surface area contributed by atoms with Crippen LogP contribution >= 0.6 is 0 Å². The van der Waals surface area contributed by atoms with Gasteiger partial charge in [-0.2, -0.15) is 0 Å². The second-order valence-corrected chi connectivity index (χ2v) is 7.18. The highest BCUT2D eigenvalue weighted by molar-refractivity contribution is 5.89. The van der Waals surface area contributed by atoms with E-state index in [0.29, 0.717) is 17.7 Å². The number of rotatable bonds is 3. The zero-order valence-corrected chi connectivity index (χ0v) is 15.0. The van der Waals surface area contributed by atoms with Gasteiger partial charge in [0.15, 0.2) is 5.58 Å². The molecule has 0 spiro atoms. The van der Waals surface area contributed by atoms with Crippen LogP contribution in [0, 0.1) is 6.92 Å². The predicted octanol–water partition coefficient (Wildman–Crippen LogP) is 3.04. The van der Waals surface area contributed by atoms with E-state index in [1.807, 2.05) is 43.3 Å². The molecular weight excluding hydrogens is 326 g/mol. The van der Waals surface area contributed by atoms with Gasteiger partial charge in [-0.15, -0.1) is 0 Å². The zero-order chi connectivity index (χ0) is 18.1. The van der Waals surface area contributed by atoms with E-state index in [0.717, 1.165) is 35.2 Å². The minimum Gasteiger partial charge on any atom is -0.507 e. The van der Waals surface area contributed by atoms with Crippen LogP contribution in [0.1, 0.15) is 30.4 Å². The largest absolute Gasteiger partial charge is 0.507 e. The number of aromatic hydroxyl groups is 1. The van der Waals surface area contributed by atoms with E-state index in [2.05, 4.69) is 0 Å². The average molecular weight is 350 g/mol. The molecule has 0 saturated carbocycles. The molecule has 2 N–H and O–H groups in total. The van der Waals surface area contributed by atoms with Crippen molar-refractivity contribution in [1.82, 2.24) is 0 Å². The molecule has 0 bridgehead atoms. The van der Waals surface area contributed by atoms with Crippen molar-refractivity contribution in [3.8, 4) is 16.9 Å². The van der Waals surface area contributed by atoms with Gasteiger partial charge in [0.25, 0.3) is 0 Å². The Kier molecular flexibility index (Phi) is 4.51. The molecule has 1 aliphatic heterocycles. The molecule has 4 rings (SSSR count). The topological polar surface area (TPSA) is 54.9 Å². The van der Waals surface area contributed by atoms with Crippen molar-refractivity contribution in [3.63, 3.8) is 0 Å². The molecule has 3 aromatic rings. The lowest BCUT2D eigenvalue weighted by atomic mass is 9.97. The second-order valence-electron chi connectivity index (χ2n) is 7.18. The van der Waals surface area contributed by atoms with Crippen LogP contribution in [0.4, 0.5) is 0 Å². The third kappa shape index (κ3) is 3.01. The molecule has 4 nitrogen and oxygen atoms in total. The van der Waals surface area contributed by atoms with Crippen LogP contribution in [-0.2, 0) is 6.54 Å². The Hall–Kier alpha value is -2.59. The standard InChI is InChI=1S/C22H23NO3/c1-15-17-10-11-19(24)18(14-23-12-6-3-7-13-23)21(17)26-22(25)20(15)16-8-4-2-5-9-16/h2,4-5,8-11,24H,3,6-7,12-14H2,1H3/p+1. The number of aryl methyl sites for hydroxylation is 1. The van der Waals surface area contributed by atoms with Gasteiger partial charge in [0.05, 0.1) is 24.2 Å². The highest BCUT2D eigenvalue weighted by Crippen LogP contribution is 2.32. The summed E-state index contributed by atoms with van der Waals surface area (Å²) in [6.07, 6.45) is 3.70. The average Bonchev–Trinajstić information content (AvgIpc) is 2.66. The lowest BCUT2D eigenvalue weighted by molar-refractivity contribution is -0.918. The fourth-order valence-electron chi connectivity index (χ4n) is 4.05. The molecule has 0 radical (unpaired) electrons. The predicted molar refractivity (Wildman–Crippen MR) is 103 cm³/mol. The van der Waals surface area contributed by atoms with E-state index in [9.17, 15) is 9.90 Å². The summed E-state index contributed by atoms with van der Waals surface area (Å²) in [5.41, 5.74) is 3.29. The monoisotopic (exact) mass is 350 g/mol. The number of nitrogens with one attached hydrogen (secondary N) is 1. The van der Waals surface area contributed by atoms with Crippen LogP contribution in [0.2, 0.25) is 0 Å². The van der Waals surface area contributed by atoms with E-state index in [4.69, 9.17) is 4.42 Å². The molecule has 134 valence electrons. The lowest BCUT2D eigenvalue weighted by Crippen LogP contribution is -3.11. The van der Waals surface area contributed by atoms with Crippen molar-refractivity contribution in [2.24, 2.45) is 0 Å². The normalized spacial score (nSPS) is 15.4. The van der Waals surface area contributed by atoms with Gasteiger partial charge in [0.1, 0.15) is 12.3 Å². The summed E-state index contributed by atoms with van der Waals surface area (Å²) in [4.78, 5) is 14.2. The van der Waals surface area contributed by atoms with Crippen molar-refractivity contribution < 1.29 is 14.4 Å². The molecule has 0 atom stereocenters. The zero-order valence-electron chi connectivity index (χ0n) is 15.0. The van der Waals surface area contributed by atoms with Crippen molar-refractivity contribution in [3.05, 3.63) is 64.0 Å². The van der Waals surface area contributed by atoms with Crippen LogP contribution in [0.25, 0.3) is 22.1 Å². The van der Waals surface area contributed by atoms with Gasteiger partial charge in [0, 0.05) is 5.39 Å². The lowest BCUT2D eigenvalue weighted by Gasteiger charge is -2.24. The van der Waals surface area contributed by atoms with Gasteiger partial charge < -0.3 is 14.4 Å². The Labute approximate surface area is 152 Å². The number of phenols is 1. The fraction of sp³-hybridized carbons (Fsp3) is 0.318. The molecule has 1 fully saturated rings. The van der Waals surface area contributed by atoms with Gasteiger partial charge in [-0.1, -0.05) is 30.3 Å². The number of benzene rings is 2. The minimum absolute atomic E-state index is 0.214. The van der Waals surface area contributed by atoms with E-state index in [1.165, 1.54) is 24.2 Å². The highest BCUT2D eigenvalue weighted by Gasteiger charge is 2.22. The molecule has 2 aromatic carbocycles. The maximum absolute atomic E-state index is 12.8. The molecular formula is C22H24NO3+. The fourth-order valence-corrected chi connectivity index (χ4v) is 4.05. The third-order valence-corrected chi connectivity index (χ3v) is 5.46. The smallest absolute Gasteiger partial charge is 0.344 e. The summed E-state index contributed by atoms with van der Waals surface area (Å²) in [5.74, 6) is 0.214. The maximum Gasteiger partial charge on any atom is 0.344 e. The van der Waals surface area contributed by atoms with Gasteiger partial charge in [-0.3, -0.25) is 0 Å². The van der Waals surface area contributed by atoms with Gasteiger partial charge in [0.2, 0.25) is 0 Å². The third-order valence-electron chi connectivity index (χ3n) is 5.46. The quantitative estimate of drug-likeness (QED) is 0.714. The number of fused-ring (bicyclic) bond motifs is 1. The van der Waals surface area contributed by atoms with Crippen LogP contribution in [-0.4, -0.2) is 18.2 Å². The Bertz CT molecular complexity index is 986. The number of hydrogen-bond donors (Lipinski definition) is 2. The van der Waals surface area contributed by atoms with Crippen molar-refractivity contribution in [2.45, 2.75) is 32.7 Å². The molecule has 0 unspecified atom stereocenters. The SMILES string of the molecule is Cc1c(-c2ccccc2)c(=O)oc2c(C[NH+]3CCCCC3)c(O)ccc12. The first-order valence-electron chi connectivity index (χ1n) is 9.32. The van der Waals surface area contributed by atoms with E-state index < -0.39 is 0 Å². The molecule has 4 heteroatoms. The molecule has 2 heterocycles. The van der Waals surface area contributed by atoms with Crippen molar-refractivity contribution in [1.29, 1.82) is 0 Å². The summed E-state index contributed by atoms with van der Waals surface area (Å²) in [5, 5.41) is 11.3. The van der Waals surface area contributed by atoms with E-state index in [1.54, 1.807) is 6.07 Å². The maximum atomic E-state index is 12.8. The van der Waals surface area contributed by atoms with Crippen LogP contribution < -0.4 is 10.5 Å². The van der Waals surface area contributed by atoms with Crippen molar-refractivity contribution >= 4 is 11.0 Å². The summed E-state index contributed by atoms with van der Waals surface area (Å²) in [7, 11) is 0. The Morgan fingerprint density at radius 2 is 1.77 bits per heavy atom. The first-order chi connectivity index (χ1) is 12.6. The van der Waals surface area contributed by atoms with Crippen LogP contribution in [0.15, 0.2) is 51.7 Å². The summed E-state index contributed by atoms with van der Waals surface area (Å²) in [6, 6.07) is 13.2. The van der Waals surface area contributed by atoms with Crippen LogP contribution in [0.5, 0.6) is 5.75 Å². The Morgan fingerprint density at radius 3 is 2.50 bits per heavy atom. The number of likely N-dealkylation sites (tertiary alicyclic amines) is 1. The van der Waals surface area contributed by atoms with Gasteiger partial charge in [-0.05, 0) is 49.4 Å². The number of phenolic OH excluding ortho intramolecular Hbond substituents is 1. The van der Waals surface area contributed by atoms with Crippen molar-refractivity contribution in [2.75, 3.05) is 13.1 Å². The minimum atomic E-state index is -0.346. The van der Waals surface area contributed by atoms with Gasteiger partial charge >= 0.3 is 5.63 Å². The number of piperidine rings is 1. The molecule has 26 heavy (non-hydrogen) atoms. The second kappa shape index (κ2) is 6.96. The molecule has 1 aliphatic rings. The number of quaternary nitrogens is 1. The number of hydrogen-bond acceptors (Lipinski definition) is 3. The molecule has 0 amide bonds. The van der Waals surface area contributed by atoms with E-state index >= 15 is 0 Å². The summed E-state index contributed by atoms with van der Waals surface area (Å²) in [6.45, 7) is 4.84. The highest BCUT2D eigenvalue weighted by atomic mass is 16.4. The van der Waals surface area contributed by atoms with E-state index in [-0.39, 0.29) is 11.4 Å². The summed E-state index contributed by atoms with van der Waals surface area (Å²) >= 11 is 0. The molecule has 1 saturated heterocycles. The Balaban J connectivity index is 1.86. The van der Waals surface area contributed by atoms with Crippen LogP contribution in [0.3, 0.4) is 0 Å². The first kappa shape index (κ1) is 16.9. The van der Waals surface area contributed by atoms with Gasteiger partial charge in [-0.25, -0.2) is 4.79 Å². The molecule has 0 aliphatic carbocycles. The summed E-state index contributed by atoms with van der Waals surface area (Å²) < 4.78 is 5.75. The molecule has 1 aromatic heterocycles. The first-order valence-corrected chi connectivity index (χ1v) is 9.32. The Morgan fingerprint density at radius 1 is 1.04 bits per heavy atom.